The van der Waals surface area contributed by atoms with Crippen LogP contribution in [0.15, 0.2) is 35.0 Å². The summed E-state index contributed by atoms with van der Waals surface area (Å²) in [6.07, 6.45) is 2.59. The van der Waals surface area contributed by atoms with Crippen LogP contribution in [0, 0.1) is 0 Å². The standard InChI is InChI=1S/C18H25N3O4/c1-12(2)21(13(3)4)17(22)14(5)24-18(23)16-8-7-15(25-16)11-20-10-6-9-19-20/h6-10,12-14H,11H2,1-5H3. The molecule has 0 bridgehead atoms. The summed E-state index contributed by atoms with van der Waals surface area (Å²) in [5, 5.41) is 4.08. The highest BCUT2D eigenvalue weighted by atomic mass is 16.6. The van der Waals surface area contributed by atoms with E-state index in [1.54, 1.807) is 47.1 Å². The van der Waals surface area contributed by atoms with Crippen LogP contribution in [-0.2, 0) is 16.1 Å². The van der Waals surface area contributed by atoms with Gasteiger partial charge in [-0.15, -0.1) is 0 Å². The van der Waals surface area contributed by atoms with Gasteiger partial charge in [0, 0.05) is 24.5 Å². The molecule has 25 heavy (non-hydrogen) atoms. The Hall–Kier alpha value is -2.57. The van der Waals surface area contributed by atoms with E-state index in [0.717, 1.165) is 0 Å². The number of esters is 1. The van der Waals surface area contributed by atoms with E-state index in [1.165, 1.54) is 0 Å². The molecular weight excluding hydrogens is 322 g/mol. The number of amides is 1. The van der Waals surface area contributed by atoms with Crippen molar-refractivity contribution in [2.24, 2.45) is 0 Å². The van der Waals surface area contributed by atoms with Crippen LogP contribution in [-0.4, -0.2) is 44.7 Å². The monoisotopic (exact) mass is 347 g/mol. The third kappa shape index (κ3) is 4.71. The first kappa shape index (κ1) is 18.8. The summed E-state index contributed by atoms with van der Waals surface area (Å²) in [7, 11) is 0. The normalized spacial score (nSPS) is 12.4. The van der Waals surface area contributed by atoms with E-state index in [1.807, 2.05) is 27.7 Å². The highest BCUT2D eigenvalue weighted by molar-refractivity contribution is 5.90. The van der Waals surface area contributed by atoms with Crippen LogP contribution < -0.4 is 0 Å². The molecule has 2 aromatic heterocycles. The summed E-state index contributed by atoms with van der Waals surface area (Å²) < 4.78 is 12.5. The van der Waals surface area contributed by atoms with E-state index in [2.05, 4.69) is 5.10 Å². The van der Waals surface area contributed by atoms with Crippen molar-refractivity contribution in [2.45, 2.75) is 59.4 Å². The van der Waals surface area contributed by atoms with Crippen molar-refractivity contribution in [3.05, 3.63) is 42.1 Å². The van der Waals surface area contributed by atoms with E-state index < -0.39 is 12.1 Å². The smallest absolute Gasteiger partial charge is 0.375 e. The second-order valence-corrected chi connectivity index (χ2v) is 6.45. The van der Waals surface area contributed by atoms with Gasteiger partial charge in [-0.2, -0.15) is 5.10 Å². The number of nitrogens with zero attached hydrogens (tertiary/aromatic N) is 3. The fourth-order valence-corrected chi connectivity index (χ4v) is 2.71. The van der Waals surface area contributed by atoms with Gasteiger partial charge in [-0.05, 0) is 52.8 Å². The molecule has 0 saturated heterocycles. The molecule has 0 aliphatic carbocycles. The Morgan fingerprint density at radius 2 is 1.88 bits per heavy atom. The Morgan fingerprint density at radius 1 is 1.20 bits per heavy atom. The van der Waals surface area contributed by atoms with Crippen molar-refractivity contribution < 1.29 is 18.7 Å². The van der Waals surface area contributed by atoms with Gasteiger partial charge >= 0.3 is 5.97 Å². The second kappa shape index (κ2) is 8.00. The molecule has 0 saturated carbocycles. The van der Waals surface area contributed by atoms with Gasteiger partial charge in [-0.3, -0.25) is 9.48 Å². The van der Waals surface area contributed by atoms with E-state index in [-0.39, 0.29) is 23.8 Å². The lowest BCUT2D eigenvalue weighted by atomic mass is 10.2. The highest BCUT2D eigenvalue weighted by Gasteiger charge is 2.28. The van der Waals surface area contributed by atoms with Gasteiger partial charge in [0.1, 0.15) is 5.76 Å². The second-order valence-electron chi connectivity index (χ2n) is 6.45. The third-order valence-electron chi connectivity index (χ3n) is 3.74. The van der Waals surface area contributed by atoms with Gasteiger partial charge < -0.3 is 14.1 Å². The molecule has 0 spiro atoms. The zero-order valence-corrected chi connectivity index (χ0v) is 15.3. The molecule has 2 heterocycles. The topological polar surface area (TPSA) is 77.6 Å². The first-order chi connectivity index (χ1) is 11.8. The molecule has 7 heteroatoms. The molecule has 1 unspecified atom stereocenters. The van der Waals surface area contributed by atoms with Gasteiger partial charge in [0.25, 0.3) is 5.91 Å². The van der Waals surface area contributed by atoms with Crippen LogP contribution in [0.1, 0.15) is 50.9 Å². The fourth-order valence-electron chi connectivity index (χ4n) is 2.71. The molecule has 0 radical (unpaired) electrons. The number of rotatable bonds is 7. The number of furan rings is 1. The summed E-state index contributed by atoms with van der Waals surface area (Å²) >= 11 is 0. The maximum atomic E-state index is 12.5. The van der Waals surface area contributed by atoms with Crippen LogP contribution in [0.5, 0.6) is 0 Å². The minimum atomic E-state index is -0.878. The Morgan fingerprint density at radius 3 is 2.44 bits per heavy atom. The predicted octanol–water partition coefficient (Wildman–Crippen LogP) is 2.72. The molecule has 0 aliphatic heterocycles. The molecular formula is C18H25N3O4. The zero-order valence-electron chi connectivity index (χ0n) is 15.3. The van der Waals surface area contributed by atoms with E-state index in [0.29, 0.717) is 12.3 Å². The van der Waals surface area contributed by atoms with Crippen molar-refractivity contribution >= 4 is 11.9 Å². The quantitative estimate of drug-likeness (QED) is 0.720. The van der Waals surface area contributed by atoms with Crippen LogP contribution in [0.4, 0.5) is 0 Å². The number of carbonyl (C=O) groups excluding carboxylic acids is 2. The molecule has 0 fully saturated rings. The lowest BCUT2D eigenvalue weighted by Crippen LogP contribution is -2.47. The van der Waals surface area contributed by atoms with Gasteiger partial charge in [-0.1, -0.05) is 0 Å². The Kier molecular flexibility index (Phi) is 6.01. The SMILES string of the molecule is CC(OC(=O)c1ccc(Cn2cccn2)o1)C(=O)N(C(C)C)C(C)C. The number of hydrogen-bond donors (Lipinski definition) is 0. The van der Waals surface area contributed by atoms with Crippen molar-refractivity contribution in [2.75, 3.05) is 0 Å². The van der Waals surface area contributed by atoms with E-state index in [4.69, 9.17) is 9.15 Å². The number of hydrogen-bond acceptors (Lipinski definition) is 5. The van der Waals surface area contributed by atoms with Crippen molar-refractivity contribution in [3.8, 4) is 0 Å². The first-order valence-corrected chi connectivity index (χ1v) is 8.39. The van der Waals surface area contributed by atoms with Crippen LogP contribution >= 0.6 is 0 Å². The maximum Gasteiger partial charge on any atom is 0.375 e. The van der Waals surface area contributed by atoms with Crippen molar-refractivity contribution in [1.82, 2.24) is 14.7 Å². The molecule has 7 nitrogen and oxygen atoms in total. The first-order valence-electron chi connectivity index (χ1n) is 8.39. The molecule has 0 aliphatic rings. The van der Waals surface area contributed by atoms with E-state index in [9.17, 15) is 9.59 Å². The summed E-state index contributed by atoms with van der Waals surface area (Å²) in [4.78, 5) is 26.4. The Balaban J connectivity index is 1.99. The summed E-state index contributed by atoms with van der Waals surface area (Å²) in [5.74, 6) is -0.218. The van der Waals surface area contributed by atoms with Crippen molar-refractivity contribution in [3.63, 3.8) is 0 Å². The lowest BCUT2D eigenvalue weighted by molar-refractivity contribution is -0.143. The van der Waals surface area contributed by atoms with Gasteiger partial charge in [0.05, 0.1) is 6.54 Å². The average Bonchev–Trinajstić information content (AvgIpc) is 3.18. The average molecular weight is 347 g/mol. The fraction of sp³-hybridized carbons (Fsp3) is 0.500. The molecule has 1 amide bonds. The summed E-state index contributed by atoms with van der Waals surface area (Å²) in [5.41, 5.74) is 0. The van der Waals surface area contributed by atoms with Gasteiger partial charge in [-0.25, -0.2) is 4.79 Å². The minimum Gasteiger partial charge on any atom is -0.452 e. The van der Waals surface area contributed by atoms with Crippen LogP contribution in [0.25, 0.3) is 0 Å². The summed E-state index contributed by atoms with van der Waals surface area (Å²) in [6, 6.07) is 5.09. The molecule has 0 aromatic carbocycles. The van der Waals surface area contributed by atoms with Crippen molar-refractivity contribution in [1.29, 1.82) is 0 Å². The number of carbonyl (C=O) groups is 2. The molecule has 136 valence electrons. The highest BCUT2D eigenvalue weighted by Crippen LogP contribution is 2.14. The van der Waals surface area contributed by atoms with Crippen LogP contribution in [0.3, 0.4) is 0 Å². The van der Waals surface area contributed by atoms with Crippen LogP contribution in [0.2, 0.25) is 0 Å². The molecule has 2 rings (SSSR count). The maximum absolute atomic E-state index is 12.5. The Labute approximate surface area is 147 Å². The minimum absolute atomic E-state index is 0.0259. The Bertz CT molecular complexity index is 696. The largest absolute Gasteiger partial charge is 0.452 e. The zero-order chi connectivity index (χ0) is 18.6. The molecule has 0 N–H and O–H groups in total. The molecule has 2 aromatic rings. The van der Waals surface area contributed by atoms with Gasteiger partial charge in [0.2, 0.25) is 5.76 Å². The third-order valence-corrected chi connectivity index (χ3v) is 3.74. The molecule has 1 atom stereocenters. The summed E-state index contributed by atoms with van der Waals surface area (Å²) in [6.45, 7) is 9.72. The lowest BCUT2D eigenvalue weighted by Gasteiger charge is -2.32. The predicted molar refractivity (Wildman–Crippen MR) is 92.0 cm³/mol. The number of aromatic nitrogens is 2. The van der Waals surface area contributed by atoms with Gasteiger partial charge in [0.15, 0.2) is 6.10 Å². The number of ether oxygens (including phenoxy) is 1. The van der Waals surface area contributed by atoms with E-state index >= 15 is 0 Å².